The molecule has 0 aromatic heterocycles. The SMILES string of the molecule is O=C1Nc2c(Br)cc(Br)cc2C1=Cc1cc(C(F)(F)F)ccc1F. The van der Waals surface area contributed by atoms with E-state index in [-0.39, 0.29) is 11.1 Å². The summed E-state index contributed by atoms with van der Waals surface area (Å²) in [6.07, 6.45) is -3.48. The van der Waals surface area contributed by atoms with Gasteiger partial charge in [-0.3, -0.25) is 4.79 Å². The molecule has 1 heterocycles. The highest BCUT2D eigenvalue weighted by molar-refractivity contribution is 9.11. The fraction of sp³-hybridized carbons (Fsp3) is 0.0625. The first-order valence-electron chi connectivity index (χ1n) is 6.56. The van der Waals surface area contributed by atoms with Crippen molar-refractivity contribution in [1.82, 2.24) is 0 Å². The Morgan fingerprint density at radius 3 is 2.46 bits per heavy atom. The molecule has 2 aromatic carbocycles. The second kappa shape index (κ2) is 6.00. The Bertz CT molecular complexity index is 890. The molecule has 2 nitrogen and oxygen atoms in total. The van der Waals surface area contributed by atoms with Gasteiger partial charge in [0.15, 0.2) is 0 Å². The monoisotopic (exact) mass is 463 g/mol. The van der Waals surface area contributed by atoms with E-state index < -0.39 is 23.5 Å². The van der Waals surface area contributed by atoms with Gasteiger partial charge in [0, 0.05) is 25.6 Å². The minimum absolute atomic E-state index is 0.0882. The number of halogens is 6. The van der Waals surface area contributed by atoms with Gasteiger partial charge in [0.1, 0.15) is 5.82 Å². The lowest BCUT2D eigenvalue weighted by molar-refractivity contribution is -0.137. The lowest BCUT2D eigenvalue weighted by atomic mass is 10.0. The first-order chi connectivity index (χ1) is 11.2. The number of rotatable bonds is 1. The van der Waals surface area contributed by atoms with Crippen molar-refractivity contribution in [1.29, 1.82) is 0 Å². The number of amides is 1. The second-order valence-corrected chi connectivity index (χ2v) is 6.83. The Kier molecular flexibility index (Phi) is 4.29. The quantitative estimate of drug-likeness (QED) is 0.415. The largest absolute Gasteiger partial charge is 0.416 e. The van der Waals surface area contributed by atoms with Crippen LogP contribution in [0.15, 0.2) is 39.3 Å². The highest BCUT2D eigenvalue weighted by Crippen LogP contribution is 2.41. The molecule has 0 saturated carbocycles. The molecule has 0 unspecified atom stereocenters. The maximum Gasteiger partial charge on any atom is 0.416 e. The van der Waals surface area contributed by atoms with Crippen LogP contribution >= 0.6 is 31.9 Å². The minimum atomic E-state index is -4.59. The molecule has 1 aliphatic heterocycles. The number of benzene rings is 2. The fourth-order valence-electron chi connectivity index (χ4n) is 2.35. The van der Waals surface area contributed by atoms with Gasteiger partial charge in [-0.05, 0) is 52.3 Å². The van der Waals surface area contributed by atoms with Crippen LogP contribution in [0, 0.1) is 5.82 Å². The third-order valence-corrected chi connectivity index (χ3v) is 4.53. The van der Waals surface area contributed by atoms with E-state index in [2.05, 4.69) is 37.2 Å². The zero-order chi connectivity index (χ0) is 17.6. The van der Waals surface area contributed by atoms with E-state index in [1.54, 1.807) is 12.1 Å². The van der Waals surface area contributed by atoms with E-state index in [1.807, 2.05) is 0 Å². The van der Waals surface area contributed by atoms with Crippen molar-refractivity contribution < 1.29 is 22.4 Å². The third kappa shape index (κ3) is 3.12. The van der Waals surface area contributed by atoms with Gasteiger partial charge in [0.25, 0.3) is 5.91 Å². The molecule has 0 fully saturated rings. The summed E-state index contributed by atoms with van der Waals surface area (Å²) in [6, 6.07) is 5.43. The van der Waals surface area contributed by atoms with E-state index in [0.29, 0.717) is 32.3 Å². The van der Waals surface area contributed by atoms with Gasteiger partial charge in [-0.15, -0.1) is 0 Å². The van der Waals surface area contributed by atoms with Crippen LogP contribution in [0.4, 0.5) is 23.2 Å². The van der Waals surface area contributed by atoms with Crippen molar-refractivity contribution in [2.75, 3.05) is 5.32 Å². The van der Waals surface area contributed by atoms with Crippen LogP contribution in [0.1, 0.15) is 16.7 Å². The van der Waals surface area contributed by atoms with E-state index >= 15 is 0 Å². The van der Waals surface area contributed by atoms with E-state index in [4.69, 9.17) is 0 Å². The van der Waals surface area contributed by atoms with Gasteiger partial charge in [0.2, 0.25) is 0 Å². The topological polar surface area (TPSA) is 29.1 Å². The first kappa shape index (κ1) is 17.2. The maximum atomic E-state index is 13.9. The molecule has 1 amide bonds. The Hall–Kier alpha value is -1.67. The molecule has 0 spiro atoms. The molecular weight excluding hydrogens is 458 g/mol. The summed E-state index contributed by atoms with van der Waals surface area (Å²) in [5.74, 6) is -1.36. The molecule has 1 N–H and O–H groups in total. The van der Waals surface area contributed by atoms with Gasteiger partial charge in [-0.1, -0.05) is 15.9 Å². The van der Waals surface area contributed by atoms with Gasteiger partial charge in [-0.2, -0.15) is 13.2 Å². The number of carbonyl (C=O) groups is 1. The molecule has 0 radical (unpaired) electrons. The molecule has 1 aliphatic rings. The summed E-state index contributed by atoms with van der Waals surface area (Å²) in [5, 5.41) is 2.61. The van der Waals surface area contributed by atoms with Gasteiger partial charge in [-0.25, -0.2) is 4.39 Å². The lowest BCUT2D eigenvalue weighted by Gasteiger charge is -2.08. The predicted molar refractivity (Wildman–Crippen MR) is 89.7 cm³/mol. The average Bonchev–Trinajstić information content (AvgIpc) is 2.77. The number of nitrogens with one attached hydrogen (secondary N) is 1. The zero-order valence-corrected chi connectivity index (χ0v) is 14.8. The Balaban J connectivity index is 2.16. The molecular formula is C16H7Br2F4NO. The first-order valence-corrected chi connectivity index (χ1v) is 8.14. The van der Waals surface area contributed by atoms with Gasteiger partial charge in [0.05, 0.1) is 11.3 Å². The van der Waals surface area contributed by atoms with Gasteiger partial charge < -0.3 is 5.32 Å². The number of fused-ring (bicyclic) bond motifs is 1. The summed E-state index contributed by atoms with van der Waals surface area (Å²) in [6.45, 7) is 0. The van der Waals surface area contributed by atoms with Crippen molar-refractivity contribution >= 4 is 55.1 Å². The Morgan fingerprint density at radius 1 is 1.08 bits per heavy atom. The van der Waals surface area contributed by atoms with E-state index in [0.717, 1.165) is 12.1 Å². The van der Waals surface area contributed by atoms with Crippen LogP contribution in [0.2, 0.25) is 0 Å². The number of carbonyl (C=O) groups excluding carboxylic acids is 1. The van der Waals surface area contributed by atoms with Crippen LogP contribution in [0.3, 0.4) is 0 Å². The Labute approximate surface area is 150 Å². The predicted octanol–water partition coefficient (Wildman–Crippen LogP) is 5.86. The van der Waals surface area contributed by atoms with E-state index in [1.165, 1.54) is 0 Å². The van der Waals surface area contributed by atoms with Crippen LogP contribution in [0.5, 0.6) is 0 Å². The average molecular weight is 465 g/mol. The van der Waals surface area contributed by atoms with Crippen molar-refractivity contribution in [2.24, 2.45) is 0 Å². The molecule has 0 saturated heterocycles. The van der Waals surface area contributed by atoms with Crippen LogP contribution in [-0.4, -0.2) is 5.91 Å². The van der Waals surface area contributed by atoms with Crippen LogP contribution in [0.25, 0.3) is 11.6 Å². The molecule has 8 heteroatoms. The summed E-state index contributed by atoms with van der Waals surface area (Å²) < 4.78 is 53.6. The molecule has 2 aromatic rings. The molecule has 124 valence electrons. The summed E-state index contributed by atoms with van der Waals surface area (Å²) in [7, 11) is 0. The minimum Gasteiger partial charge on any atom is -0.320 e. The summed E-state index contributed by atoms with van der Waals surface area (Å²) >= 11 is 6.58. The molecule has 0 bridgehead atoms. The smallest absolute Gasteiger partial charge is 0.320 e. The number of hydrogen-bond donors (Lipinski definition) is 1. The Morgan fingerprint density at radius 2 is 1.79 bits per heavy atom. The summed E-state index contributed by atoms with van der Waals surface area (Å²) in [4.78, 5) is 12.1. The second-order valence-electron chi connectivity index (χ2n) is 5.06. The fourth-order valence-corrected chi connectivity index (χ4v) is 3.67. The van der Waals surface area contributed by atoms with Crippen molar-refractivity contribution in [3.8, 4) is 0 Å². The normalized spacial score (nSPS) is 15.6. The molecule has 3 rings (SSSR count). The lowest BCUT2D eigenvalue weighted by Crippen LogP contribution is -2.06. The number of hydrogen-bond acceptors (Lipinski definition) is 1. The molecule has 0 atom stereocenters. The van der Waals surface area contributed by atoms with Gasteiger partial charge >= 0.3 is 6.18 Å². The van der Waals surface area contributed by atoms with Crippen molar-refractivity contribution in [2.45, 2.75) is 6.18 Å². The standard InChI is InChI=1S/C16H7Br2F4NO/c17-9-5-10-11(15(24)23-14(10)12(18)6-9)4-7-3-8(16(20,21)22)1-2-13(7)19/h1-6H,(H,23,24). The third-order valence-electron chi connectivity index (χ3n) is 3.45. The molecule has 0 aliphatic carbocycles. The highest BCUT2D eigenvalue weighted by Gasteiger charge is 2.32. The van der Waals surface area contributed by atoms with Crippen molar-refractivity contribution in [3.05, 3.63) is 61.8 Å². The van der Waals surface area contributed by atoms with Crippen LogP contribution < -0.4 is 5.32 Å². The molecule has 24 heavy (non-hydrogen) atoms. The number of anilines is 1. The van der Waals surface area contributed by atoms with Crippen molar-refractivity contribution in [3.63, 3.8) is 0 Å². The van der Waals surface area contributed by atoms with E-state index in [9.17, 15) is 22.4 Å². The van der Waals surface area contributed by atoms with Crippen LogP contribution in [-0.2, 0) is 11.0 Å². The number of alkyl halides is 3. The summed E-state index contributed by atoms with van der Waals surface area (Å²) in [5.41, 5.74) is -0.242. The highest BCUT2D eigenvalue weighted by atomic mass is 79.9. The zero-order valence-electron chi connectivity index (χ0n) is 11.6. The maximum absolute atomic E-state index is 13.9.